The van der Waals surface area contributed by atoms with E-state index in [1.165, 1.54) is 12.3 Å². The number of rotatable bonds is 2. The number of aliphatic hydroxyl groups excluding tert-OH is 1. The van der Waals surface area contributed by atoms with Crippen LogP contribution < -0.4 is 0 Å². The van der Waals surface area contributed by atoms with Gasteiger partial charge in [-0.05, 0) is 17.7 Å². The minimum atomic E-state index is -1.01. The average molecular weight is 203 g/mol. The number of hydrogen-bond donors (Lipinski definition) is 2. The van der Waals surface area contributed by atoms with Gasteiger partial charge < -0.3 is 10.2 Å². The SMILES string of the molecule is O=C(O)c1ccc(CO)c2cccnc12. The molecule has 2 aromatic rings. The maximum absolute atomic E-state index is 10.9. The van der Waals surface area contributed by atoms with Crippen LogP contribution in [-0.4, -0.2) is 21.2 Å². The second-order valence-electron chi connectivity index (χ2n) is 3.14. The summed E-state index contributed by atoms with van der Waals surface area (Å²) in [6, 6.07) is 6.53. The number of carbonyl (C=O) groups is 1. The Morgan fingerprint density at radius 1 is 1.33 bits per heavy atom. The van der Waals surface area contributed by atoms with Gasteiger partial charge in [0.1, 0.15) is 0 Å². The van der Waals surface area contributed by atoms with E-state index in [0.29, 0.717) is 16.5 Å². The molecule has 0 radical (unpaired) electrons. The molecule has 0 aliphatic heterocycles. The Balaban J connectivity index is 2.83. The molecule has 0 unspecified atom stereocenters. The summed E-state index contributed by atoms with van der Waals surface area (Å²) in [6.45, 7) is -0.123. The third kappa shape index (κ3) is 1.55. The van der Waals surface area contributed by atoms with Crippen LogP contribution >= 0.6 is 0 Å². The van der Waals surface area contributed by atoms with Crippen molar-refractivity contribution in [2.24, 2.45) is 0 Å². The highest BCUT2D eigenvalue weighted by Crippen LogP contribution is 2.20. The number of fused-ring (bicyclic) bond motifs is 1. The van der Waals surface area contributed by atoms with E-state index >= 15 is 0 Å². The van der Waals surface area contributed by atoms with E-state index in [9.17, 15) is 4.79 Å². The van der Waals surface area contributed by atoms with E-state index in [0.717, 1.165) is 0 Å². The quantitative estimate of drug-likeness (QED) is 0.774. The zero-order valence-corrected chi connectivity index (χ0v) is 7.84. The Kier molecular flexibility index (Phi) is 2.35. The fraction of sp³-hybridized carbons (Fsp3) is 0.0909. The van der Waals surface area contributed by atoms with Crippen molar-refractivity contribution < 1.29 is 15.0 Å². The van der Waals surface area contributed by atoms with Gasteiger partial charge in [0, 0.05) is 11.6 Å². The number of benzene rings is 1. The van der Waals surface area contributed by atoms with Gasteiger partial charge in [0.15, 0.2) is 0 Å². The molecule has 0 aliphatic carbocycles. The molecular weight excluding hydrogens is 194 g/mol. The second-order valence-corrected chi connectivity index (χ2v) is 3.14. The third-order valence-electron chi connectivity index (χ3n) is 2.26. The summed E-state index contributed by atoms with van der Waals surface area (Å²) in [5.41, 5.74) is 1.25. The number of aromatic nitrogens is 1. The number of aliphatic hydroxyl groups is 1. The zero-order chi connectivity index (χ0) is 10.8. The first-order chi connectivity index (χ1) is 7.24. The number of carboxylic acid groups (broad SMARTS) is 1. The number of hydrogen-bond acceptors (Lipinski definition) is 3. The largest absolute Gasteiger partial charge is 0.478 e. The Hall–Kier alpha value is -1.94. The van der Waals surface area contributed by atoms with E-state index in [-0.39, 0.29) is 12.2 Å². The van der Waals surface area contributed by atoms with E-state index in [4.69, 9.17) is 10.2 Å². The second kappa shape index (κ2) is 3.67. The summed E-state index contributed by atoms with van der Waals surface area (Å²) >= 11 is 0. The molecule has 15 heavy (non-hydrogen) atoms. The van der Waals surface area contributed by atoms with Crippen LogP contribution in [0.5, 0.6) is 0 Å². The van der Waals surface area contributed by atoms with Gasteiger partial charge in [-0.1, -0.05) is 12.1 Å². The number of nitrogens with zero attached hydrogens (tertiary/aromatic N) is 1. The van der Waals surface area contributed by atoms with Crippen molar-refractivity contribution in [2.75, 3.05) is 0 Å². The standard InChI is InChI=1S/C11H9NO3/c13-6-7-3-4-9(11(14)15)10-8(7)2-1-5-12-10/h1-5,13H,6H2,(H,14,15). The zero-order valence-electron chi connectivity index (χ0n) is 7.84. The number of pyridine rings is 1. The normalized spacial score (nSPS) is 10.5. The molecule has 2 rings (SSSR count). The Morgan fingerprint density at radius 3 is 2.80 bits per heavy atom. The fourth-order valence-electron chi connectivity index (χ4n) is 1.54. The predicted octanol–water partition coefficient (Wildman–Crippen LogP) is 1.43. The molecular formula is C11H9NO3. The highest BCUT2D eigenvalue weighted by molar-refractivity contribution is 6.02. The molecule has 1 heterocycles. The van der Waals surface area contributed by atoms with E-state index in [1.54, 1.807) is 18.2 Å². The van der Waals surface area contributed by atoms with Gasteiger partial charge in [-0.15, -0.1) is 0 Å². The van der Waals surface area contributed by atoms with Crippen LogP contribution in [0.2, 0.25) is 0 Å². The van der Waals surface area contributed by atoms with Gasteiger partial charge in [-0.3, -0.25) is 4.98 Å². The molecule has 0 fully saturated rings. The average Bonchev–Trinajstić information content (AvgIpc) is 2.27. The van der Waals surface area contributed by atoms with Gasteiger partial charge in [-0.2, -0.15) is 0 Å². The first kappa shape index (κ1) is 9.61. The number of aromatic carboxylic acids is 1. The van der Waals surface area contributed by atoms with Crippen molar-refractivity contribution in [3.8, 4) is 0 Å². The maximum atomic E-state index is 10.9. The summed E-state index contributed by atoms with van der Waals surface area (Å²) in [4.78, 5) is 14.9. The molecule has 0 saturated heterocycles. The van der Waals surface area contributed by atoms with Crippen LogP contribution in [0.4, 0.5) is 0 Å². The summed E-state index contributed by atoms with van der Waals surface area (Å²) in [5, 5.41) is 18.7. The molecule has 4 nitrogen and oxygen atoms in total. The highest BCUT2D eigenvalue weighted by Gasteiger charge is 2.11. The Bertz CT molecular complexity index is 522. The van der Waals surface area contributed by atoms with Crippen molar-refractivity contribution >= 4 is 16.9 Å². The lowest BCUT2D eigenvalue weighted by atomic mass is 10.0. The topological polar surface area (TPSA) is 70.4 Å². The third-order valence-corrected chi connectivity index (χ3v) is 2.26. The fourth-order valence-corrected chi connectivity index (χ4v) is 1.54. The molecule has 0 saturated carbocycles. The van der Waals surface area contributed by atoms with Crippen molar-refractivity contribution in [1.82, 2.24) is 4.98 Å². The van der Waals surface area contributed by atoms with Crippen LogP contribution in [0.25, 0.3) is 10.9 Å². The van der Waals surface area contributed by atoms with Crippen molar-refractivity contribution in [1.29, 1.82) is 0 Å². The minimum Gasteiger partial charge on any atom is -0.478 e. The predicted molar refractivity (Wildman–Crippen MR) is 54.6 cm³/mol. The van der Waals surface area contributed by atoms with Crippen molar-refractivity contribution in [3.05, 3.63) is 41.6 Å². The molecule has 0 spiro atoms. The monoisotopic (exact) mass is 203 g/mol. The van der Waals surface area contributed by atoms with E-state index in [1.807, 2.05) is 0 Å². The molecule has 1 aromatic heterocycles. The van der Waals surface area contributed by atoms with Gasteiger partial charge in [0.2, 0.25) is 0 Å². The molecule has 2 N–H and O–H groups in total. The van der Waals surface area contributed by atoms with E-state index in [2.05, 4.69) is 4.98 Å². The van der Waals surface area contributed by atoms with Crippen LogP contribution in [0, 0.1) is 0 Å². The van der Waals surface area contributed by atoms with E-state index < -0.39 is 5.97 Å². The Morgan fingerprint density at radius 2 is 2.13 bits per heavy atom. The van der Waals surface area contributed by atoms with Crippen LogP contribution in [0.1, 0.15) is 15.9 Å². The minimum absolute atomic E-state index is 0.123. The van der Waals surface area contributed by atoms with Gasteiger partial charge in [0.25, 0.3) is 0 Å². The van der Waals surface area contributed by atoms with Crippen LogP contribution in [0.3, 0.4) is 0 Å². The van der Waals surface area contributed by atoms with Crippen molar-refractivity contribution in [2.45, 2.75) is 6.61 Å². The molecule has 0 atom stereocenters. The maximum Gasteiger partial charge on any atom is 0.337 e. The summed E-state index contributed by atoms with van der Waals surface area (Å²) in [7, 11) is 0. The summed E-state index contributed by atoms with van der Waals surface area (Å²) in [5.74, 6) is -1.01. The molecule has 76 valence electrons. The molecule has 0 bridgehead atoms. The van der Waals surface area contributed by atoms with Crippen LogP contribution in [0.15, 0.2) is 30.5 Å². The highest BCUT2D eigenvalue weighted by atomic mass is 16.4. The van der Waals surface area contributed by atoms with Gasteiger partial charge in [-0.25, -0.2) is 4.79 Å². The summed E-state index contributed by atoms with van der Waals surface area (Å²) < 4.78 is 0. The molecule has 4 heteroatoms. The van der Waals surface area contributed by atoms with Gasteiger partial charge in [0.05, 0.1) is 17.7 Å². The lowest BCUT2D eigenvalue weighted by Gasteiger charge is -2.05. The van der Waals surface area contributed by atoms with Crippen molar-refractivity contribution in [3.63, 3.8) is 0 Å². The molecule has 0 aliphatic rings. The smallest absolute Gasteiger partial charge is 0.337 e. The van der Waals surface area contributed by atoms with Gasteiger partial charge >= 0.3 is 5.97 Å². The number of carboxylic acids is 1. The Labute approximate surface area is 85.8 Å². The molecule has 1 aromatic carbocycles. The first-order valence-corrected chi connectivity index (χ1v) is 4.45. The van der Waals surface area contributed by atoms with Crippen LogP contribution in [-0.2, 0) is 6.61 Å². The first-order valence-electron chi connectivity index (χ1n) is 4.45. The molecule has 0 amide bonds. The lowest BCUT2D eigenvalue weighted by molar-refractivity contribution is 0.0699. The lowest BCUT2D eigenvalue weighted by Crippen LogP contribution is -2.00. The summed E-state index contributed by atoms with van der Waals surface area (Å²) in [6.07, 6.45) is 1.54.